The molecular weight excluding hydrogens is 302 g/mol. The average Bonchev–Trinajstić information content (AvgIpc) is 2.54. The Morgan fingerprint density at radius 1 is 1.09 bits per heavy atom. The average molecular weight is 320 g/mol. The van der Waals surface area contributed by atoms with Gasteiger partial charge in [-0.15, -0.1) is 0 Å². The molecule has 1 N–H and O–H groups in total. The Morgan fingerprint density at radius 2 is 1.82 bits per heavy atom. The van der Waals surface area contributed by atoms with Crippen LogP contribution < -0.4 is 14.8 Å². The van der Waals surface area contributed by atoms with Gasteiger partial charge in [-0.2, -0.15) is 0 Å². The molecule has 2 aromatic rings. The lowest BCUT2D eigenvalue weighted by atomic mass is 10.1. The first-order valence-corrected chi connectivity index (χ1v) is 7.26. The molecule has 0 aliphatic carbocycles. The van der Waals surface area contributed by atoms with Gasteiger partial charge < -0.3 is 14.8 Å². The lowest BCUT2D eigenvalue weighted by Gasteiger charge is -2.08. The molecule has 0 spiro atoms. The van der Waals surface area contributed by atoms with Gasteiger partial charge >= 0.3 is 0 Å². The van der Waals surface area contributed by atoms with Crippen LogP contribution in [0.5, 0.6) is 11.5 Å². The van der Waals surface area contributed by atoms with E-state index in [1.807, 2.05) is 12.1 Å². The summed E-state index contributed by atoms with van der Waals surface area (Å²) < 4.78 is 10.2. The molecule has 1 amide bonds. The van der Waals surface area contributed by atoms with Gasteiger partial charge in [-0.25, -0.2) is 0 Å². The molecule has 0 fully saturated rings. The fourth-order valence-electron chi connectivity index (χ4n) is 2.02. The van der Waals surface area contributed by atoms with Crippen LogP contribution in [0.2, 0.25) is 5.02 Å². The van der Waals surface area contributed by atoms with E-state index in [-0.39, 0.29) is 5.91 Å². The molecule has 0 aliphatic heterocycles. The van der Waals surface area contributed by atoms with Crippen molar-refractivity contribution in [1.29, 1.82) is 0 Å². The predicted molar refractivity (Wildman–Crippen MR) is 87.9 cm³/mol. The number of carbonyl (C=O) groups excluding carboxylic acids is 1. The number of halogens is 1. The highest BCUT2D eigenvalue weighted by Crippen LogP contribution is 2.25. The molecule has 0 radical (unpaired) electrons. The van der Waals surface area contributed by atoms with Gasteiger partial charge in [-0.3, -0.25) is 4.79 Å². The van der Waals surface area contributed by atoms with Crippen molar-refractivity contribution in [2.75, 3.05) is 19.5 Å². The summed E-state index contributed by atoms with van der Waals surface area (Å²) in [7, 11) is 3.18. The van der Waals surface area contributed by atoms with Crippen LogP contribution in [0, 0.1) is 0 Å². The molecular formula is C17H18ClNO3. The second-order valence-corrected chi connectivity index (χ2v) is 5.15. The summed E-state index contributed by atoms with van der Waals surface area (Å²) in [6, 6.07) is 12.8. The summed E-state index contributed by atoms with van der Waals surface area (Å²) in [5.41, 5.74) is 1.74. The standard InChI is InChI=1S/C17H18ClNO3/c1-21-14-7-5-13(6-8-14)19-17(20)10-4-12-3-9-16(22-2)15(18)11-12/h3,5-9,11H,4,10H2,1-2H3,(H,19,20). The van der Waals surface area contributed by atoms with E-state index in [0.29, 0.717) is 23.6 Å². The van der Waals surface area contributed by atoms with Crippen LogP contribution in [-0.2, 0) is 11.2 Å². The van der Waals surface area contributed by atoms with Crippen molar-refractivity contribution in [3.05, 3.63) is 53.1 Å². The van der Waals surface area contributed by atoms with Crippen LogP contribution in [0.15, 0.2) is 42.5 Å². The summed E-state index contributed by atoms with van der Waals surface area (Å²) in [5.74, 6) is 1.34. The highest BCUT2D eigenvalue weighted by Gasteiger charge is 2.06. The Bertz CT molecular complexity index is 641. The molecule has 116 valence electrons. The van der Waals surface area contributed by atoms with E-state index in [4.69, 9.17) is 21.1 Å². The van der Waals surface area contributed by atoms with Gasteiger partial charge in [0.15, 0.2) is 0 Å². The molecule has 0 unspecified atom stereocenters. The smallest absolute Gasteiger partial charge is 0.224 e. The molecule has 0 aliphatic rings. The Morgan fingerprint density at radius 3 is 2.41 bits per heavy atom. The number of ether oxygens (including phenoxy) is 2. The zero-order valence-electron chi connectivity index (χ0n) is 12.6. The Balaban J connectivity index is 1.88. The van der Waals surface area contributed by atoms with Gasteiger partial charge in [-0.1, -0.05) is 17.7 Å². The third-order valence-electron chi connectivity index (χ3n) is 3.23. The first-order valence-electron chi connectivity index (χ1n) is 6.88. The quantitative estimate of drug-likeness (QED) is 0.877. The number of benzene rings is 2. The van der Waals surface area contributed by atoms with Crippen LogP contribution in [0.4, 0.5) is 5.69 Å². The maximum Gasteiger partial charge on any atom is 0.224 e. The third-order valence-corrected chi connectivity index (χ3v) is 3.53. The number of hydrogen-bond acceptors (Lipinski definition) is 3. The number of carbonyl (C=O) groups is 1. The van der Waals surface area contributed by atoms with Crippen LogP contribution in [0.3, 0.4) is 0 Å². The Labute approximate surface area is 135 Å². The van der Waals surface area contributed by atoms with E-state index in [1.165, 1.54) is 0 Å². The lowest BCUT2D eigenvalue weighted by molar-refractivity contribution is -0.116. The topological polar surface area (TPSA) is 47.6 Å². The number of amides is 1. The SMILES string of the molecule is COc1ccc(NC(=O)CCc2ccc(OC)c(Cl)c2)cc1. The summed E-state index contributed by atoms with van der Waals surface area (Å²) in [6.07, 6.45) is 1.00. The normalized spacial score (nSPS) is 10.1. The Hall–Kier alpha value is -2.20. The van der Waals surface area contributed by atoms with Gasteiger partial charge in [0.2, 0.25) is 5.91 Å². The molecule has 0 saturated heterocycles. The maximum atomic E-state index is 11.9. The first kappa shape index (κ1) is 16.2. The fourth-order valence-corrected chi connectivity index (χ4v) is 2.30. The van der Waals surface area contributed by atoms with E-state index < -0.39 is 0 Å². The van der Waals surface area contributed by atoms with Crippen molar-refractivity contribution in [3.63, 3.8) is 0 Å². The molecule has 5 heteroatoms. The summed E-state index contributed by atoms with van der Waals surface area (Å²) >= 11 is 6.07. The second kappa shape index (κ2) is 7.71. The number of nitrogens with one attached hydrogen (secondary N) is 1. The second-order valence-electron chi connectivity index (χ2n) is 4.75. The van der Waals surface area contributed by atoms with E-state index in [1.54, 1.807) is 44.6 Å². The maximum absolute atomic E-state index is 11.9. The van der Waals surface area contributed by atoms with Gasteiger partial charge in [-0.05, 0) is 48.4 Å². The minimum absolute atomic E-state index is 0.0443. The number of rotatable bonds is 6. The monoisotopic (exact) mass is 319 g/mol. The summed E-state index contributed by atoms with van der Waals surface area (Å²) in [6.45, 7) is 0. The molecule has 0 heterocycles. The van der Waals surface area contributed by atoms with E-state index >= 15 is 0 Å². The lowest BCUT2D eigenvalue weighted by Crippen LogP contribution is -2.12. The predicted octanol–water partition coefficient (Wildman–Crippen LogP) is 3.93. The van der Waals surface area contributed by atoms with E-state index in [9.17, 15) is 4.79 Å². The van der Waals surface area contributed by atoms with Crippen LogP contribution in [0.1, 0.15) is 12.0 Å². The van der Waals surface area contributed by atoms with Crippen molar-refractivity contribution in [2.24, 2.45) is 0 Å². The van der Waals surface area contributed by atoms with Gasteiger partial charge in [0.05, 0.1) is 19.2 Å². The molecule has 0 saturated carbocycles. The van der Waals surface area contributed by atoms with Crippen LogP contribution in [-0.4, -0.2) is 20.1 Å². The number of hydrogen-bond donors (Lipinski definition) is 1. The van der Waals surface area contributed by atoms with Crippen molar-refractivity contribution >= 4 is 23.2 Å². The van der Waals surface area contributed by atoms with Crippen molar-refractivity contribution < 1.29 is 14.3 Å². The van der Waals surface area contributed by atoms with Gasteiger partial charge in [0.1, 0.15) is 11.5 Å². The van der Waals surface area contributed by atoms with Gasteiger partial charge in [0.25, 0.3) is 0 Å². The van der Waals surface area contributed by atoms with E-state index in [2.05, 4.69) is 5.32 Å². The van der Waals surface area contributed by atoms with Crippen molar-refractivity contribution in [3.8, 4) is 11.5 Å². The minimum atomic E-state index is -0.0443. The molecule has 2 rings (SSSR count). The zero-order chi connectivity index (χ0) is 15.9. The first-order chi connectivity index (χ1) is 10.6. The Kier molecular flexibility index (Phi) is 5.67. The molecule has 22 heavy (non-hydrogen) atoms. The highest BCUT2D eigenvalue weighted by molar-refractivity contribution is 6.32. The fraction of sp³-hybridized carbons (Fsp3) is 0.235. The molecule has 0 atom stereocenters. The zero-order valence-corrected chi connectivity index (χ0v) is 13.3. The van der Waals surface area contributed by atoms with Gasteiger partial charge in [0, 0.05) is 12.1 Å². The molecule has 0 bridgehead atoms. The van der Waals surface area contributed by atoms with Crippen LogP contribution in [0.25, 0.3) is 0 Å². The number of aryl methyl sites for hydroxylation is 1. The van der Waals surface area contributed by atoms with Crippen molar-refractivity contribution in [1.82, 2.24) is 0 Å². The molecule has 2 aromatic carbocycles. The highest BCUT2D eigenvalue weighted by atomic mass is 35.5. The number of methoxy groups -OCH3 is 2. The summed E-state index contributed by atoms with van der Waals surface area (Å²) in [5, 5.41) is 3.40. The molecule has 0 aromatic heterocycles. The molecule has 4 nitrogen and oxygen atoms in total. The van der Waals surface area contributed by atoms with Crippen LogP contribution >= 0.6 is 11.6 Å². The third kappa shape index (κ3) is 4.40. The van der Waals surface area contributed by atoms with Crippen molar-refractivity contribution in [2.45, 2.75) is 12.8 Å². The summed E-state index contributed by atoms with van der Waals surface area (Å²) in [4.78, 5) is 11.9. The number of anilines is 1. The van der Waals surface area contributed by atoms with E-state index in [0.717, 1.165) is 17.0 Å². The largest absolute Gasteiger partial charge is 0.497 e. The minimum Gasteiger partial charge on any atom is -0.497 e.